The largest absolute Gasteiger partial charge is 0.433 e. The summed E-state index contributed by atoms with van der Waals surface area (Å²) in [4.78, 5) is 36.3. The maximum atomic E-state index is 13.2. The van der Waals surface area contributed by atoms with Crippen molar-refractivity contribution >= 4 is 37.2 Å². The molecule has 1 aromatic carbocycles. The first kappa shape index (κ1) is 23.8. The second-order valence-electron chi connectivity index (χ2n) is 7.27. The number of halogens is 5. The second-order valence-corrected chi connectivity index (χ2v) is 12.8. The number of hydrogen-bond acceptors (Lipinski definition) is 3. The molecule has 0 aliphatic carbocycles. The van der Waals surface area contributed by atoms with Gasteiger partial charge in [-0.15, -0.1) is 5.54 Å². The lowest BCUT2D eigenvalue weighted by Crippen LogP contribution is -2.46. The standard InChI is InChI=1S/C18H16Cl2F3N3O3Si/c1-10(27)24-26-15(18(21,22)23)9-16(28)25(17(26)29)11-7-13(19)12(14(20)8-11)5-6-30(2,3)4/h7-9H,1-4H3,(H,24,27). The highest BCUT2D eigenvalue weighted by molar-refractivity contribution is 6.83. The van der Waals surface area contributed by atoms with Gasteiger partial charge in [0.15, 0.2) is 5.69 Å². The van der Waals surface area contributed by atoms with E-state index in [1.54, 1.807) is 5.43 Å². The first-order chi connectivity index (χ1) is 13.6. The van der Waals surface area contributed by atoms with Crippen molar-refractivity contribution in [3.05, 3.63) is 60.3 Å². The van der Waals surface area contributed by atoms with Crippen molar-refractivity contribution in [2.24, 2.45) is 0 Å². The number of alkyl halides is 3. The van der Waals surface area contributed by atoms with Gasteiger partial charge in [-0.3, -0.25) is 15.0 Å². The Morgan fingerprint density at radius 1 is 1.10 bits per heavy atom. The Labute approximate surface area is 180 Å². The molecule has 2 aromatic rings. The number of aromatic nitrogens is 2. The zero-order valence-electron chi connectivity index (χ0n) is 16.2. The topological polar surface area (TPSA) is 73.1 Å². The van der Waals surface area contributed by atoms with Crippen LogP contribution < -0.4 is 16.7 Å². The van der Waals surface area contributed by atoms with Crippen LogP contribution in [0, 0.1) is 11.5 Å². The second kappa shape index (κ2) is 8.33. The van der Waals surface area contributed by atoms with Gasteiger partial charge in [-0.2, -0.15) is 17.8 Å². The van der Waals surface area contributed by atoms with Crippen LogP contribution in [0.2, 0.25) is 29.7 Å². The molecule has 2 rings (SSSR count). The van der Waals surface area contributed by atoms with Crippen molar-refractivity contribution < 1.29 is 18.0 Å². The fourth-order valence-corrected chi connectivity index (χ4v) is 3.38. The van der Waals surface area contributed by atoms with Gasteiger partial charge in [0.2, 0.25) is 5.91 Å². The molecule has 1 aromatic heterocycles. The van der Waals surface area contributed by atoms with Gasteiger partial charge in [0, 0.05) is 13.0 Å². The maximum Gasteiger partial charge on any atom is 0.433 e. The van der Waals surface area contributed by atoms with Crippen LogP contribution in [-0.4, -0.2) is 23.2 Å². The first-order valence-corrected chi connectivity index (χ1v) is 12.6. The number of nitrogens with one attached hydrogen (secondary N) is 1. The van der Waals surface area contributed by atoms with Gasteiger partial charge in [-0.25, -0.2) is 9.36 Å². The van der Waals surface area contributed by atoms with Crippen LogP contribution in [0.1, 0.15) is 18.2 Å². The molecule has 0 atom stereocenters. The monoisotopic (exact) mass is 477 g/mol. The highest BCUT2D eigenvalue weighted by Gasteiger charge is 2.36. The quantitative estimate of drug-likeness (QED) is 0.529. The van der Waals surface area contributed by atoms with Gasteiger partial charge in [0.05, 0.1) is 21.3 Å². The van der Waals surface area contributed by atoms with Gasteiger partial charge < -0.3 is 0 Å². The molecule has 1 amide bonds. The molecule has 0 aliphatic rings. The molecule has 0 radical (unpaired) electrons. The highest BCUT2D eigenvalue weighted by atomic mass is 35.5. The Kier molecular flexibility index (Phi) is 6.61. The Morgan fingerprint density at radius 3 is 2.07 bits per heavy atom. The van der Waals surface area contributed by atoms with E-state index in [0.29, 0.717) is 4.57 Å². The van der Waals surface area contributed by atoms with E-state index in [-0.39, 0.29) is 32.0 Å². The molecule has 6 nitrogen and oxygen atoms in total. The molecule has 160 valence electrons. The van der Waals surface area contributed by atoms with E-state index < -0.39 is 37.1 Å². The van der Waals surface area contributed by atoms with E-state index >= 15 is 0 Å². The molecule has 30 heavy (non-hydrogen) atoms. The van der Waals surface area contributed by atoms with Gasteiger partial charge >= 0.3 is 11.9 Å². The first-order valence-electron chi connectivity index (χ1n) is 8.38. The number of amides is 1. The number of benzene rings is 1. The average molecular weight is 478 g/mol. The van der Waals surface area contributed by atoms with Crippen LogP contribution in [0.4, 0.5) is 13.2 Å². The normalized spacial score (nSPS) is 11.6. The van der Waals surface area contributed by atoms with Crippen molar-refractivity contribution in [1.29, 1.82) is 0 Å². The molecular weight excluding hydrogens is 462 g/mol. The molecule has 0 bridgehead atoms. The summed E-state index contributed by atoms with van der Waals surface area (Å²) in [6, 6.07) is 2.57. The summed E-state index contributed by atoms with van der Waals surface area (Å²) in [5.74, 6) is 1.92. The SMILES string of the molecule is CC(=O)Nn1c(C(F)(F)F)cc(=O)n(-c2cc(Cl)c(C#C[Si](C)(C)C)c(Cl)c2)c1=O. The number of nitrogens with zero attached hydrogens (tertiary/aromatic N) is 2. The number of rotatable bonds is 2. The summed E-state index contributed by atoms with van der Waals surface area (Å²) in [6.45, 7) is 6.93. The summed E-state index contributed by atoms with van der Waals surface area (Å²) < 4.78 is 40.1. The molecule has 0 unspecified atom stereocenters. The summed E-state index contributed by atoms with van der Waals surface area (Å²) in [5, 5.41) is 0.0288. The van der Waals surface area contributed by atoms with E-state index in [4.69, 9.17) is 23.2 Å². The lowest BCUT2D eigenvalue weighted by Gasteiger charge is -2.17. The Balaban J connectivity index is 2.79. The Hall–Kier alpha value is -2.48. The van der Waals surface area contributed by atoms with Crippen LogP contribution in [0.3, 0.4) is 0 Å². The van der Waals surface area contributed by atoms with E-state index in [9.17, 15) is 27.6 Å². The average Bonchev–Trinajstić information content (AvgIpc) is 2.54. The van der Waals surface area contributed by atoms with Crippen molar-refractivity contribution in [2.75, 3.05) is 5.43 Å². The zero-order chi connectivity index (χ0) is 23.0. The van der Waals surface area contributed by atoms with Crippen molar-refractivity contribution in [3.63, 3.8) is 0 Å². The predicted octanol–water partition coefficient (Wildman–Crippen LogP) is 3.64. The molecule has 0 aliphatic heterocycles. The minimum absolute atomic E-state index is 0.0144. The van der Waals surface area contributed by atoms with Gasteiger partial charge in [0.25, 0.3) is 5.56 Å². The molecule has 1 N–H and O–H groups in total. The molecule has 0 fully saturated rings. The van der Waals surface area contributed by atoms with Crippen LogP contribution in [0.15, 0.2) is 27.8 Å². The summed E-state index contributed by atoms with van der Waals surface area (Å²) in [5.41, 5.74) is 0.582. The lowest BCUT2D eigenvalue weighted by atomic mass is 10.2. The molecule has 1 heterocycles. The van der Waals surface area contributed by atoms with E-state index in [0.717, 1.165) is 6.92 Å². The summed E-state index contributed by atoms with van der Waals surface area (Å²) >= 11 is 12.4. The van der Waals surface area contributed by atoms with E-state index in [1.807, 2.05) is 19.6 Å². The minimum atomic E-state index is -5.06. The fraction of sp³-hybridized carbons (Fsp3) is 0.278. The van der Waals surface area contributed by atoms with Crippen LogP contribution >= 0.6 is 23.2 Å². The Bertz CT molecular complexity index is 1180. The van der Waals surface area contributed by atoms with Crippen molar-refractivity contribution in [1.82, 2.24) is 9.24 Å². The van der Waals surface area contributed by atoms with Gasteiger partial charge in [-0.05, 0) is 12.1 Å². The van der Waals surface area contributed by atoms with Crippen molar-refractivity contribution in [2.45, 2.75) is 32.7 Å². The van der Waals surface area contributed by atoms with E-state index in [2.05, 4.69) is 11.5 Å². The zero-order valence-corrected chi connectivity index (χ0v) is 18.8. The lowest BCUT2D eigenvalue weighted by molar-refractivity contribution is -0.144. The third-order valence-electron chi connectivity index (χ3n) is 3.51. The molecule has 12 heteroatoms. The summed E-state index contributed by atoms with van der Waals surface area (Å²) in [6.07, 6.45) is -5.06. The maximum absolute atomic E-state index is 13.2. The third-order valence-corrected chi connectivity index (χ3v) is 4.98. The molecule has 0 saturated heterocycles. The fourth-order valence-electron chi connectivity index (χ4n) is 2.31. The van der Waals surface area contributed by atoms with Crippen molar-refractivity contribution in [3.8, 4) is 17.2 Å². The predicted molar refractivity (Wildman–Crippen MR) is 112 cm³/mol. The molecule has 0 spiro atoms. The highest BCUT2D eigenvalue weighted by Crippen LogP contribution is 2.29. The van der Waals surface area contributed by atoms with E-state index in [1.165, 1.54) is 12.1 Å². The summed E-state index contributed by atoms with van der Waals surface area (Å²) in [7, 11) is -1.76. The Morgan fingerprint density at radius 2 is 1.63 bits per heavy atom. The minimum Gasteiger partial charge on any atom is -0.274 e. The number of carbonyl (C=O) groups is 1. The van der Waals surface area contributed by atoms with Crippen LogP contribution in [-0.2, 0) is 11.0 Å². The smallest absolute Gasteiger partial charge is 0.274 e. The third kappa shape index (κ3) is 5.36. The number of hydrogen-bond donors (Lipinski definition) is 1. The van der Waals surface area contributed by atoms with Crippen LogP contribution in [0.5, 0.6) is 0 Å². The van der Waals surface area contributed by atoms with Crippen LogP contribution in [0.25, 0.3) is 5.69 Å². The number of carbonyl (C=O) groups excluding carboxylic acids is 1. The molecule has 0 saturated carbocycles. The molecular formula is C18H16Cl2F3N3O3Si. The van der Waals surface area contributed by atoms with Gasteiger partial charge in [-0.1, -0.05) is 48.8 Å². The van der Waals surface area contributed by atoms with Gasteiger partial charge in [0.1, 0.15) is 8.07 Å².